The zero-order valence-electron chi connectivity index (χ0n) is 9.68. The lowest BCUT2D eigenvalue weighted by atomic mass is 10.3. The van der Waals surface area contributed by atoms with Crippen molar-refractivity contribution < 1.29 is 4.42 Å². The Morgan fingerprint density at radius 3 is 2.94 bits per heavy atom. The molecule has 0 unspecified atom stereocenters. The van der Waals surface area contributed by atoms with Gasteiger partial charge in [0.15, 0.2) is 17.3 Å². The van der Waals surface area contributed by atoms with Crippen LogP contribution in [0.1, 0.15) is 12.1 Å². The van der Waals surface area contributed by atoms with Crippen molar-refractivity contribution in [3.8, 4) is 11.6 Å². The number of alkyl halides is 1. The van der Waals surface area contributed by atoms with E-state index in [1.807, 2.05) is 18.5 Å². The van der Waals surface area contributed by atoms with Gasteiger partial charge >= 0.3 is 0 Å². The molecule has 0 fully saturated rings. The molecule has 92 valence electrons. The molecule has 0 N–H and O–H groups in total. The molecule has 0 amide bonds. The van der Waals surface area contributed by atoms with Crippen LogP contribution in [0, 0.1) is 6.92 Å². The van der Waals surface area contributed by atoms with E-state index in [1.54, 1.807) is 11.8 Å². The maximum Gasteiger partial charge on any atom is 0.202 e. The molecule has 5 nitrogen and oxygen atoms in total. The van der Waals surface area contributed by atoms with Crippen molar-refractivity contribution in [1.82, 2.24) is 19.7 Å². The lowest BCUT2D eigenvalue weighted by Gasteiger charge is -2.01. The lowest BCUT2D eigenvalue weighted by molar-refractivity contribution is 0.562. The zero-order chi connectivity index (χ0) is 12.3. The number of oxazole rings is 1. The van der Waals surface area contributed by atoms with Crippen LogP contribution in [-0.4, -0.2) is 31.4 Å². The molecule has 0 saturated heterocycles. The first-order chi connectivity index (χ1) is 8.24. The van der Waals surface area contributed by atoms with E-state index >= 15 is 0 Å². The van der Waals surface area contributed by atoms with Crippen molar-refractivity contribution in [1.29, 1.82) is 0 Å². The minimum absolute atomic E-state index is 0.666. The number of thioether (sulfide) groups is 1. The predicted octanol–water partition coefficient (Wildman–Crippen LogP) is 2.50. The average molecular weight is 273 g/mol. The minimum atomic E-state index is 0.666. The second-order valence-corrected chi connectivity index (χ2v) is 4.96. The molecule has 0 aliphatic heterocycles. The van der Waals surface area contributed by atoms with E-state index in [4.69, 9.17) is 16.0 Å². The highest BCUT2D eigenvalue weighted by Gasteiger charge is 2.16. The van der Waals surface area contributed by atoms with Crippen LogP contribution >= 0.6 is 23.4 Å². The summed E-state index contributed by atoms with van der Waals surface area (Å²) in [4.78, 5) is 4.05. The van der Waals surface area contributed by atoms with E-state index in [0.29, 0.717) is 17.5 Å². The van der Waals surface area contributed by atoms with Crippen molar-refractivity contribution in [3.05, 3.63) is 12.1 Å². The van der Waals surface area contributed by atoms with Crippen molar-refractivity contribution in [2.45, 2.75) is 18.5 Å². The van der Waals surface area contributed by atoms with E-state index in [1.165, 1.54) is 6.39 Å². The van der Waals surface area contributed by atoms with Crippen LogP contribution < -0.4 is 0 Å². The third kappa shape index (κ3) is 2.63. The second-order valence-electron chi connectivity index (χ2n) is 3.52. The molecular formula is C10H13ClN4OS. The smallest absolute Gasteiger partial charge is 0.202 e. The highest BCUT2D eigenvalue weighted by molar-refractivity contribution is 7.99. The van der Waals surface area contributed by atoms with Gasteiger partial charge < -0.3 is 8.98 Å². The Hall–Kier alpha value is -1.01. The van der Waals surface area contributed by atoms with Crippen LogP contribution in [0.15, 0.2) is 16.0 Å². The maximum atomic E-state index is 5.64. The number of hydrogen-bond acceptors (Lipinski definition) is 5. The molecule has 2 heterocycles. The summed E-state index contributed by atoms with van der Waals surface area (Å²) in [5.41, 5.74) is 0.817. The number of nitrogens with zero attached hydrogens (tertiary/aromatic N) is 4. The quantitative estimate of drug-likeness (QED) is 0.475. The Labute approximate surface area is 109 Å². The van der Waals surface area contributed by atoms with Gasteiger partial charge in [-0.2, -0.15) is 0 Å². The summed E-state index contributed by atoms with van der Waals surface area (Å²) in [6.45, 7) is 1.88. The van der Waals surface area contributed by atoms with Crippen molar-refractivity contribution in [2.75, 3.05) is 11.6 Å². The molecule has 0 atom stereocenters. The highest BCUT2D eigenvalue weighted by Crippen LogP contribution is 2.24. The topological polar surface area (TPSA) is 56.7 Å². The standard InChI is InChI=1S/C10H13ClN4OS/c1-7-8(16-6-12-7)9-13-14-10(15(9)2)17-5-3-4-11/h6H,3-5H2,1-2H3. The Morgan fingerprint density at radius 1 is 1.47 bits per heavy atom. The van der Waals surface area contributed by atoms with Crippen LogP contribution in [-0.2, 0) is 7.05 Å². The third-order valence-electron chi connectivity index (χ3n) is 2.29. The second kappa shape index (κ2) is 5.55. The molecule has 2 rings (SSSR count). The van der Waals surface area contributed by atoms with Gasteiger partial charge in [0.05, 0.1) is 5.69 Å². The molecule has 0 aliphatic rings. The Bertz CT molecular complexity index is 496. The molecular weight excluding hydrogens is 260 g/mol. The summed E-state index contributed by atoms with van der Waals surface area (Å²) < 4.78 is 7.21. The van der Waals surface area contributed by atoms with Gasteiger partial charge in [0.2, 0.25) is 5.82 Å². The molecule has 0 saturated carbocycles. The summed E-state index contributed by atoms with van der Waals surface area (Å²) in [6, 6.07) is 0. The van der Waals surface area contributed by atoms with Gasteiger partial charge in [-0.3, -0.25) is 0 Å². The summed E-state index contributed by atoms with van der Waals surface area (Å²) in [5, 5.41) is 9.11. The van der Waals surface area contributed by atoms with Gasteiger partial charge in [-0.05, 0) is 13.3 Å². The number of aromatic nitrogens is 4. The first-order valence-electron chi connectivity index (χ1n) is 5.22. The van der Waals surface area contributed by atoms with Gasteiger partial charge in [-0.1, -0.05) is 11.8 Å². The van der Waals surface area contributed by atoms with Crippen LogP contribution in [0.5, 0.6) is 0 Å². The van der Waals surface area contributed by atoms with Gasteiger partial charge in [0.25, 0.3) is 0 Å². The van der Waals surface area contributed by atoms with Crippen LogP contribution in [0.25, 0.3) is 11.6 Å². The third-order valence-corrected chi connectivity index (χ3v) is 3.67. The molecule has 17 heavy (non-hydrogen) atoms. The molecule has 0 aromatic carbocycles. The minimum Gasteiger partial charge on any atom is -0.440 e. The van der Waals surface area contributed by atoms with Gasteiger partial charge in [0.1, 0.15) is 0 Å². The largest absolute Gasteiger partial charge is 0.440 e. The summed E-state index contributed by atoms with van der Waals surface area (Å²) in [7, 11) is 1.92. The fourth-order valence-corrected chi connectivity index (χ4v) is 2.51. The number of aryl methyl sites for hydroxylation is 1. The Morgan fingerprint density at radius 2 is 2.29 bits per heavy atom. The Balaban J connectivity index is 2.18. The lowest BCUT2D eigenvalue weighted by Crippen LogP contribution is -1.95. The number of hydrogen-bond donors (Lipinski definition) is 0. The molecule has 0 bridgehead atoms. The number of halogens is 1. The van der Waals surface area contributed by atoms with Gasteiger partial charge in [-0.15, -0.1) is 21.8 Å². The number of rotatable bonds is 5. The zero-order valence-corrected chi connectivity index (χ0v) is 11.3. The van der Waals surface area contributed by atoms with Crippen LogP contribution in [0.4, 0.5) is 0 Å². The molecule has 7 heteroatoms. The van der Waals surface area contributed by atoms with Crippen LogP contribution in [0.2, 0.25) is 0 Å². The SMILES string of the molecule is Cc1ncoc1-c1nnc(SCCCCl)n1C. The van der Waals surface area contributed by atoms with E-state index in [-0.39, 0.29) is 0 Å². The summed E-state index contributed by atoms with van der Waals surface area (Å²) in [6.07, 6.45) is 2.37. The molecule has 2 aromatic rings. The van der Waals surface area contributed by atoms with E-state index in [0.717, 1.165) is 23.0 Å². The van der Waals surface area contributed by atoms with Crippen molar-refractivity contribution >= 4 is 23.4 Å². The van der Waals surface area contributed by atoms with Crippen LogP contribution in [0.3, 0.4) is 0 Å². The van der Waals surface area contributed by atoms with E-state index < -0.39 is 0 Å². The first-order valence-corrected chi connectivity index (χ1v) is 6.74. The fraction of sp³-hybridized carbons (Fsp3) is 0.500. The average Bonchev–Trinajstić information content (AvgIpc) is 2.87. The van der Waals surface area contributed by atoms with Crippen molar-refractivity contribution in [3.63, 3.8) is 0 Å². The monoisotopic (exact) mass is 272 g/mol. The molecule has 0 aliphatic carbocycles. The molecule has 0 spiro atoms. The van der Waals surface area contributed by atoms with Gasteiger partial charge in [-0.25, -0.2) is 4.98 Å². The first kappa shape index (κ1) is 12.4. The van der Waals surface area contributed by atoms with E-state index in [9.17, 15) is 0 Å². The summed E-state index contributed by atoms with van der Waals surface area (Å²) >= 11 is 7.27. The Kier molecular flexibility index (Phi) is 4.06. The van der Waals surface area contributed by atoms with Crippen molar-refractivity contribution in [2.24, 2.45) is 7.05 Å². The molecule has 0 radical (unpaired) electrons. The predicted molar refractivity (Wildman–Crippen MR) is 67.3 cm³/mol. The highest BCUT2D eigenvalue weighted by atomic mass is 35.5. The summed E-state index contributed by atoms with van der Waals surface area (Å²) in [5.74, 6) is 2.97. The molecule has 2 aromatic heterocycles. The van der Waals surface area contributed by atoms with Gasteiger partial charge in [0, 0.05) is 18.7 Å². The normalized spacial score (nSPS) is 11.0. The fourth-order valence-electron chi connectivity index (χ4n) is 1.37. The maximum absolute atomic E-state index is 5.64. The van der Waals surface area contributed by atoms with E-state index in [2.05, 4.69) is 15.2 Å².